The van der Waals surface area contributed by atoms with Crippen molar-refractivity contribution < 1.29 is 4.79 Å². The van der Waals surface area contributed by atoms with E-state index in [0.717, 1.165) is 27.6 Å². The van der Waals surface area contributed by atoms with E-state index in [9.17, 15) is 4.79 Å². The highest BCUT2D eigenvalue weighted by atomic mass is 35.5. The average molecular weight is 403 g/mol. The maximum absolute atomic E-state index is 13.1. The van der Waals surface area contributed by atoms with Crippen molar-refractivity contribution in [2.45, 2.75) is 20.0 Å². The van der Waals surface area contributed by atoms with Crippen LogP contribution >= 0.6 is 11.6 Å². The van der Waals surface area contributed by atoms with E-state index in [2.05, 4.69) is 15.0 Å². The molecular weight excluding hydrogens is 384 g/mol. The number of carbonyl (C=O) groups is 1. The van der Waals surface area contributed by atoms with E-state index in [-0.39, 0.29) is 5.91 Å². The third-order valence-electron chi connectivity index (χ3n) is 4.65. The molecule has 2 aromatic heterocycles. The first-order valence-electron chi connectivity index (χ1n) is 9.25. The molecule has 0 fully saturated rings. The van der Waals surface area contributed by atoms with Crippen molar-refractivity contribution in [1.82, 2.24) is 19.9 Å². The Morgan fingerprint density at radius 1 is 1.03 bits per heavy atom. The lowest BCUT2D eigenvalue weighted by Gasteiger charge is -2.23. The number of hydrogen-bond donors (Lipinski definition) is 0. The van der Waals surface area contributed by atoms with E-state index in [1.807, 2.05) is 61.5 Å². The maximum Gasteiger partial charge on any atom is 0.274 e. The first-order valence-corrected chi connectivity index (χ1v) is 9.63. The molecule has 1 amide bonds. The van der Waals surface area contributed by atoms with Gasteiger partial charge in [0.15, 0.2) is 0 Å². The van der Waals surface area contributed by atoms with Crippen molar-refractivity contribution in [1.29, 1.82) is 0 Å². The molecule has 0 spiro atoms. The largest absolute Gasteiger partial charge is 0.328 e. The van der Waals surface area contributed by atoms with Gasteiger partial charge in [0, 0.05) is 36.4 Å². The molecule has 0 atom stereocenters. The van der Waals surface area contributed by atoms with Crippen LogP contribution in [-0.2, 0) is 13.1 Å². The van der Waals surface area contributed by atoms with Gasteiger partial charge in [-0.1, -0.05) is 54.1 Å². The van der Waals surface area contributed by atoms with Gasteiger partial charge in [0.05, 0.1) is 11.7 Å². The summed E-state index contributed by atoms with van der Waals surface area (Å²) in [6.07, 6.45) is 4.54. The van der Waals surface area contributed by atoms with Gasteiger partial charge in [-0.2, -0.15) is 0 Å². The second-order valence-corrected chi connectivity index (χ2v) is 7.23. The van der Waals surface area contributed by atoms with Crippen LogP contribution in [0.15, 0.2) is 73.2 Å². The molecule has 4 rings (SSSR count). The number of fused-ring (bicyclic) bond motifs is 1. The quantitative estimate of drug-likeness (QED) is 0.448. The second-order valence-electron chi connectivity index (χ2n) is 6.87. The number of hydrogen-bond acceptors (Lipinski definition) is 4. The average Bonchev–Trinajstić information content (AvgIpc) is 2.74. The van der Waals surface area contributed by atoms with Gasteiger partial charge in [0.25, 0.3) is 5.91 Å². The molecule has 29 heavy (non-hydrogen) atoms. The molecule has 6 heteroatoms. The van der Waals surface area contributed by atoms with Crippen molar-refractivity contribution in [2.75, 3.05) is 0 Å². The number of aryl methyl sites for hydroxylation is 1. The standard InChI is InChI=1S/C23H19ClN4O/c1-16-7-8-18-12-19(22(24)27-20(18)11-16)15-28(14-17-5-3-2-4-6-17)23(29)21-13-25-9-10-26-21/h2-13H,14-15H2,1H3. The zero-order chi connectivity index (χ0) is 20.2. The number of benzene rings is 2. The fraction of sp³-hybridized carbons (Fsp3) is 0.130. The zero-order valence-electron chi connectivity index (χ0n) is 15.9. The number of halogens is 1. The Kier molecular flexibility index (Phi) is 5.49. The molecule has 0 aliphatic heterocycles. The third kappa shape index (κ3) is 4.41. The first kappa shape index (κ1) is 19.0. The monoisotopic (exact) mass is 402 g/mol. The summed E-state index contributed by atoms with van der Waals surface area (Å²) in [6.45, 7) is 2.77. The minimum absolute atomic E-state index is 0.206. The number of nitrogens with zero attached hydrogens (tertiary/aromatic N) is 4. The SMILES string of the molecule is Cc1ccc2cc(CN(Cc3ccccc3)C(=O)c3cnccn3)c(Cl)nc2c1. The fourth-order valence-electron chi connectivity index (χ4n) is 3.19. The van der Waals surface area contributed by atoms with Crippen LogP contribution in [0.25, 0.3) is 10.9 Å². The number of amides is 1. The summed E-state index contributed by atoms with van der Waals surface area (Å²) in [4.78, 5) is 27.6. The van der Waals surface area contributed by atoms with Gasteiger partial charge in [0.1, 0.15) is 10.8 Å². The van der Waals surface area contributed by atoms with Gasteiger partial charge in [0.2, 0.25) is 0 Å². The van der Waals surface area contributed by atoms with Crippen LogP contribution in [0.1, 0.15) is 27.2 Å². The van der Waals surface area contributed by atoms with Gasteiger partial charge in [-0.3, -0.25) is 9.78 Å². The predicted octanol–water partition coefficient (Wildman–Crippen LogP) is 4.83. The van der Waals surface area contributed by atoms with Gasteiger partial charge >= 0.3 is 0 Å². The highest BCUT2D eigenvalue weighted by molar-refractivity contribution is 6.30. The molecule has 2 aromatic carbocycles. The van der Waals surface area contributed by atoms with E-state index in [0.29, 0.717) is 23.9 Å². The highest BCUT2D eigenvalue weighted by Crippen LogP contribution is 2.24. The van der Waals surface area contributed by atoms with Gasteiger partial charge in [-0.05, 0) is 30.2 Å². The molecule has 0 aliphatic rings. The number of aromatic nitrogens is 3. The van der Waals surface area contributed by atoms with Gasteiger partial charge < -0.3 is 4.90 Å². The zero-order valence-corrected chi connectivity index (χ0v) is 16.7. The Morgan fingerprint density at radius 2 is 1.86 bits per heavy atom. The number of rotatable bonds is 5. The molecular formula is C23H19ClN4O. The van der Waals surface area contributed by atoms with Gasteiger partial charge in [-0.25, -0.2) is 9.97 Å². The summed E-state index contributed by atoms with van der Waals surface area (Å²) in [7, 11) is 0. The van der Waals surface area contributed by atoms with Crippen molar-refractivity contribution in [2.24, 2.45) is 0 Å². The molecule has 0 saturated carbocycles. The Balaban J connectivity index is 1.69. The lowest BCUT2D eigenvalue weighted by Crippen LogP contribution is -2.31. The molecule has 0 radical (unpaired) electrons. The second kappa shape index (κ2) is 8.37. The van der Waals surface area contributed by atoms with Crippen molar-refractivity contribution >= 4 is 28.4 Å². The highest BCUT2D eigenvalue weighted by Gasteiger charge is 2.20. The topological polar surface area (TPSA) is 59.0 Å². The molecule has 144 valence electrons. The van der Waals surface area contributed by atoms with E-state index >= 15 is 0 Å². The van der Waals surface area contributed by atoms with E-state index in [1.54, 1.807) is 11.1 Å². The van der Waals surface area contributed by atoms with E-state index < -0.39 is 0 Å². The lowest BCUT2D eigenvalue weighted by atomic mass is 10.1. The van der Waals surface area contributed by atoms with Crippen LogP contribution in [0.2, 0.25) is 5.15 Å². The minimum Gasteiger partial charge on any atom is -0.328 e. The summed E-state index contributed by atoms with van der Waals surface area (Å²) in [6, 6.07) is 17.9. The molecule has 0 saturated heterocycles. The molecule has 0 bridgehead atoms. The van der Waals surface area contributed by atoms with Crippen LogP contribution in [0.5, 0.6) is 0 Å². The Morgan fingerprint density at radius 3 is 2.62 bits per heavy atom. The maximum atomic E-state index is 13.1. The summed E-state index contributed by atoms with van der Waals surface area (Å²) < 4.78 is 0. The van der Waals surface area contributed by atoms with Crippen LogP contribution in [0, 0.1) is 6.92 Å². The number of pyridine rings is 1. The lowest BCUT2D eigenvalue weighted by molar-refractivity contribution is 0.0723. The Hall–Kier alpha value is -3.31. The summed E-state index contributed by atoms with van der Waals surface area (Å²) >= 11 is 6.48. The van der Waals surface area contributed by atoms with Crippen molar-refractivity contribution in [3.8, 4) is 0 Å². The van der Waals surface area contributed by atoms with Crippen molar-refractivity contribution in [3.63, 3.8) is 0 Å². The summed E-state index contributed by atoms with van der Waals surface area (Å²) in [5, 5.41) is 1.38. The summed E-state index contributed by atoms with van der Waals surface area (Å²) in [5.74, 6) is -0.206. The Bertz CT molecular complexity index is 1150. The molecule has 0 unspecified atom stereocenters. The third-order valence-corrected chi connectivity index (χ3v) is 4.97. The molecule has 5 nitrogen and oxygen atoms in total. The Labute approximate surface area is 174 Å². The normalized spacial score (nSPS) is 10.8. The predicted molar refractivity (Wildman–Crippen MR) is 114 cm³/mol. The first-order chi connectivity index (χ1) is 14.1. The summed E-state index contributed by atoms with van der Waals surface area (Å²) in [5.41, 5.74) is 4.07. The van der Waals surface area contributed by atoms with Gasteiger partial charge in [-0.15, -0.1) is 0 Å². The molecule has 0 N–H and O–H groups in total. The van der Waals surface area contributed by atoms with Crippen molar-refractivity contribution in [3.05, 3.63) is 101 Å². The van der Waals surface area contributed by atoms with Crippen LogP contribution in [0.3, 0.4) is 0 Å². The van der Waals surface area contributed by atoms with Crippen LogP contribution in [0.4, 0.5) is 0 Å². The van der Waals surface area contributed by atoms with E-state index in [1.165, 1.54) is 12.4 Å². The van der Waals surface area contributed by atoms with Crippen LogP contribution in [-0.4, -0.2) is 25.8 Å². The molecule has 4 aromatic rings. The molecule has 0 aliphatic carbocycles. The minimum atomic E-state index is -0.206. The fourth-order valence-corrected chi connectivity index (χ4v) is 3.39. The molecule has 2 heterocycles. The van der Waals surface area contributed by atoms with E-state index in [4.69, 9.17) is 11.6 Å². The smallest absolute Gasteiger partial charge is 0.274 e. The number of carbonyl (C=O) groups excluding carboxylic acids is 1. The van der Waals surface area contributed by atoms with Crippen LogP contribution < -0.4 is 0 Å².